The maximum atomic E-state index is 11.1. The largest absolute Gasteiger partial charge is 0.276 e. The van der Waals surface area contributed by atoms with Gasteiger partial charge in [-0.05, 0) is 29.8 Å². The van der Waals surface area contributed by atoms with Crippen LogP contribution in [0.1, 0.15) is 10.4 Å². The van der Waals surface area contributed by atoms with Crippen LogP contribution in [0.2, 0.25) is 5.02 Å². The number of nitrogens with zero attached hydrogens (tertiary/aromatic N) is 1. The van der Waals surface area contributed by atoms with Gasteiger partial charge in [-0.15, -0.1) is 0 Å². The first-order chi connectivity index (χ1) is 6.70. The van der Waals surface area contributed by atoms with Crippen LogP contribution in [0.15, 0.2) is 30.5 Å². The molecular formula is C10H5Cl2NO. The van der Waals surface area contributed by atoms with Gasteiger partial charge in [0.05, 0.1) is 10.5 Å². The molecule has 0 amide bonds. The van der Waals surface area contributed by atoms with E-state index in [1.165, 1.54) is 0 Å². The van der Waals surface area contributed by atoms with Crippen molar-refractivity contribution >= 4 is 39.3 Å². The van der Waals surface area contributed by atoms with Crippen LogP contribution in [0, 0.1) is 0 Å². The first-order valence-electron chi connectivity index (χ1n) is 3.93. The number of hydrogen-bond donors (Lipinski definition) is 0. The van der Waals surface area contributed by atoms with Crippen LogP contribution in [0.3, 0.4) is 0 Å². The van der Waals surface area contributed by atoms with E-state index in [4.69, 9.17) is 23.2 Å². The third-order valence-corrected chi connectivity index (χ3v) is 2.44. The smallest absolute Gasteiger partial charge is 0.253 e. The van der Waals surface area contributed by atoms with Gasteiger partial charge >= 0.3 is 0 Å². The molecule has 1 aromatic carbocycles. The van der Waals surface area contributed by atoms with Gasteiger partial charge < -0.3 is 0 Å². The molecule has 0 spiro atoms. The predicted octanol–water partition coefficient (Wildman–Crippen LogP) is 3.27. The molecule has 0 aliphatic rings. The molecule has 2 nitrogen and oxygen atoms in total. The van der Waals surface area contributed by atoms with Gasteiger partial charge in [-0.3, -0.25) is 9.78 Å². The lowest BCUT2D eigenvalue weighted by Crippen LogP contribution is -1.92. The molecule has 0 saturated heterocycles. The van der Waals surface area contributed by atoms with E-state index in [9.17, 15) is 4.79 Å². The summed E-state index contributed by atoms with van der Waals surface area (Å²) in [6.07, 6.45) is 1.62. The average Bonchev–Trinajstić information content (AvgIpc) is 2.18. The second kappa shape index (κ2) is 3.56. The van der Waals surface area contributed by atoms with E-state index >= 15 is 0 Å². The van der Waals surface area contributed by atoms with Crippen LogP contribution >= 0.6 is 23.2 Å². The maximum Gasteiger partial charge on any atom is 0.253 e. The van der Waals surface area contributed by atoms with E-state index in [1.54, 1.807) is 30.5 Å². The molecule has 0 saturated carbocycles. The number of rotatable bonds is 1. The lowest BCUT2D eigenvalue weighted by Gasteiger charge is -2.02. The van der Waals surface area contributed by atoms with Crippen LogP contribution in [-0.4, -0.2) is 10.2 Å². The molecular weight excluding hydrogens is 221 g/mol. The quantitative estimate of drug-likeness (QED) is 0.698. The number of hydrogen-bond acceptors (Lipinski definition) is 2. The third kappa shape index (κ3) is 1.47. The first-order valence-corrected chi connectivity index (χ1v) is 4.69. The Morgan fingerprint density at radius 3 is 2.79 bits per heavy atom. The van der Waals surface area contributed by atoms with Gasteiger partial charge in [0.25, 0.3) is 5.24 Å². The van der Waals surface area contributed by atoms with Crippen LogP contribution in [0.4, 0.5) is 0 Å². The Kier molecular flexibility index (Phi) is 2.40. The molecule has 0 N–H and O–H groups in total. The standard InChI is InChI=1S/C10H5Cl2NO/c11-8-4-3-7(10(12)14)6-2-1-5-13-9(6)8/h1-5H. The van der Waals surface area contributed by atoms with Crippen molar-refractivity contribution < 1.29 is 4.79 Å². The monoisotopic (exact) mass is 225 g/mol. The number of benzene rings is 1. The van der Waals surface area contributed by atoms with E-state index in [-0.39, 0.29) is 0 Å². The molecule has 70 valence electrons. The summed E-state index contributed by atoms with van der Waals surface area (Å²) in [6.45, 7) is 0. The molecule has 1 heterocycles. The normalized spacial score (nSPS) is 10.4. The first kappa shape index (κ1) is 9.44. The molecule has 0 aliphatic carbocycles. The molecule has 0 aliphatic heterocycles. The van der Waals surface area contributed by atoms with Gasteiger partial charge in [0.2, 0.25) is 0 Å². The van der Waals surface area contributed by atoms with Crippen molar-refractivity contribution in [2.45, 2.75) is 0 Å². The van der Waals surface area contributed by atoms with E-state index in [2.05, 4.69) is 4.98 Å². The van der Waals surface area contributed by atoms with Crippen molar-refractivity contribution in [3.8, 4) is 0 Å². The Labute approximate surface area is 90.5 Å². The highest BCUT2D eigenvalue weighted by Crippen LogP contribution is 2.25. The second-order valence-corrected chi connectivity index (χ2v) is 3.52. The summed E-state index contributed by atoms with van der Waals surface area (Å²) >= 11 is 11.3. The Bertz CT molecular complexity index is 510. The summed E-state index contributed by atoms with van der Waals surface area (Å²) in [4.78, 5) is 15.1. The van der Waals surface area contributed by atoms with Gasteiger partial charge in [0, 0.05) is 17.1 Å². The fourth-order valence-electron chi connectivity index (χ4n) is 1.31. The Morgan fingerprint density at radius 1 is 1.29 bits per heavy atom. The van der Waals surface area contributed by atoms with E-state index in [0.29, 0.717) is 21.5 Å². The minimum atomic E-state index is -0.500. The molecule has 0 fully saturated rings. The SMILES string of the molecule is O=C(Cl)c1ccc(Cl)c2ncccc12. The van der Waals surface area contributed by atoms with Crippen molar-refractivity contribution in [2.24, 2.45) is 0 Å². The molecule has 0 atom stereocenters. The van der Waals surface area contributed by atoms with Gasteiger partial charge in [0.1, 0.15) is 0 Å². The number of aromatic nitrogens is 1. The summed E-state index contributed by atoms with van der Waals surface area (Å²) in [5.74, 6) is 0. The van der Waals surface area contributed by atoms with Crippen molar-refractivity contribution in [1.29, 1.82) is 0 Å². The Hall–Kier alpha value is -1.12. The lowest BCUT2D eigenvalue weighted by atomic mass is 10.1. The fraction of sp³-hybridized carbons (Fsp3) is 0. The zero-order valence-electron chi connectivity index (χ0n) is 7.00. The van der Waals surface area contributed by atoms with E-state index < -0.39 is 5.24 Å². The van der Waals surface area contributed by atoms with Crippen LogP contribution in [-0.2, 0) is 0 Å². The second-order valence-electron chi connectivity index (χ2n) is 2.77. The lowest BCUT2D eigenvalue weighted by molar-refractivity contribution is 0.108. The third-order valence-electron chi connectivity index (χ3n) is 1.93. The zero-order valence-corrected chi connectivity index (χ0v) is 8.51. The van der Waals surface area contributed by atoms with Gasteiger partial charge in [-0.1, -0.05) is 17.7 Å². The average molecular weight is 226 g/mol. The minimum absolute atomic E-state index is 0.430. The predicted molar refractivity (Wildman–Crippen MR) is 56.9 cm³/mol. The van der Waals surface area contributed by atoms with Crippen LogP contribution in [0.5, 0.6) is 0 Å². The molecule has 14 heavy (non-hydrogen) atoms. The summed E-state index contributed by atoms with van der Waals surface area (Å²) in [5, 5.41) is 0.696. The molecule has 1 aromatic heterocycles. The van der Waals surface area contributed by atoms with Gasteiger partial charge in [-0.2, -0.15) is 0 Å². The molecule has 2 aromatic rings. The maximum absolute atomic E-state index is 11.1. The molecule has 0 radical (unpaired) electrons. The Balaban J connectivity index is 2.88. The molecule has 4 heteroatoms. The number of pyridine rings is 1. The fourth-order valence-corrected chi connectivity index (χ4v) is 1.69. The molecule has 0 bridgehead atoms. The summed E-state index contributed by atoms with van der Waals surface area (Å²) in [7, 11) is 0. The number of halogens is 2. The molecule has 0 unspecified atom stereocenters. The Morgan fingerprint density at radius 2 is 2.07 bits per heavy atom. The number of carbonyl (C=O) groups excluding carboxylic acids is 1. The van der Waals surface area contributed by atoms with Gasteiger partial charge in [-0.25, -0.2) is 0 Å². The molecule has 2 rings (SSSR count). The van der Waals surface area contributed by atoms with Crippen molar-refractivity contribution in [3.63, 3.8) is 0 Å². The van der Waals surface area contributed by atoms with Crippen molar-refractivity contribution in [1.82, 2.24) is 4.98 Å². The summed E-state index contributed by atoms with van der Waals surface area (Å²) < 4.78 is 0. The topological polar surface area (TPSA) is 30.0 Å². The summed E-state index contributed by atoms with van der Waals surface area (Å²) in [6, 6.07) is 6.72. The highest BCUT2D eigenvalue weighted by molar-refractivity contribution is 6.68. The van der Waals surface area contributed by atoms with E-state index in [0.717, 1.165) is 0 Å². The van der Waals surface area contributed by atoms with Crippen molar-refractivity contribution in [3.05, 3.63) is 41.0 Å². The number of carbonyl (C=O) groups is 1. The summed E-state index contributed by atoms with van der Waals surface area (Å²) in [5.41, 5.74) is 1.03. The van der Waals surface area contributed by atoms with Gasteiger partial charge in [0.15, 0.2) is 0 Å². The van der Waals surface area contributed by atoms with Crippen molar-refractivity contribution in [2.75, 3.05) is 0 Å². The minimum Gasteiger partial charge on any atom is -0.276 e. The van der Waals surface area contributed by atoms with Crippen LogP contribution in [0.25, 0.3) is 10.9 Å². The van der Waals surface area contributed by atoms with Crippen LogP contribution < -0.4 is 0 Å². The zero-order chi connectivity index (χ0) is 10.1. The highest BCUT2D eigenvalue weighted by Gasteiger charge is 2.09. The number of fused-ring (bicyclic) bond motifs is 1. The van der Waals surface area contributed by atoms with E-state index in [1.807, 2.05) is 0 Å². The highest BCUT2D eigenvalue weighted by atomic mass is 35.5.